The molecular formula is C21H22F2N2O3S. The Balaban J connectivity index is 1.41. The Bertz CT molecular complexity index is 929. The molecule has 29 heavy (non-hydrogen) atoms. The lowest BCUT2D eigenvalue weighted by molar-refractivity contribution is -0.121. The molecule has 1 amide bonds. The number of benzene rings is 2. The Kier molecular flexibility index (Phi) is 7.35. The number of halogens is 2. The van der Waals surface area contributed by atoms with Crippen molar-refractivity contribution in [2.75, 3.05) is 13.7 Å². The van der Waals surface area contributed by atoms with E-state index in [1.807, 2.05) is 24.3 Å². The van der Waals surface area contributed by atoms with Crippen molar-refractivity contribution in [3.63, 3.8) is 0 Å². The SMILES string of the molecule is COc1ccc(CCNC(=O)CCCc2nc3ccccc3s2)cc1OC(F)F. The van der Waals surface area contributed by atoms with E-state index >= 15 is 0 Å². The Morgan fingerprint density at radius 1 is 1.17 bits per heavy atom. The van der Waals surface area contributed by atoms with Gasteiger partial charge in [0.25, 0.3) is 0 Å². The summed E-state index contributed by atoms with van der Waals surface area (Å²) >= 11 is 1.65. The second-order valence-corrected chi connectivity index (χ2v) is 7.51. The second kappa shape index (κ2) is 10.2. The molecule has 0 atom stereocenters. The summed E-state index contributed by atoms with van der Waals surface area (Å²) in [5.74, 6) is 0.193. The van der Waals surface area contributed by atoms with E-state index in [9.17, 15) is 13.6 Å². The topological polar surface area (TPSA) is 60.5 Å². The highest BCUT2D eigenvalue weighted by molar-refractivity contribution is 7.18. The first-order valence-electron chi connectivity index (χ1n) is 9.28. The van der Waals surface area contributed by atoms with Crippen molar-refractivity contribution in [1.82, 2.24) is 10.3 Å². The van der Waals surface area contributed by atoms with Gasteiger partial charge in [0.05, 0.1) is 22.3 Å². The Morgan fingerprint density at radius 2 is 2.00 bits per heavy atom. The fourth-order valence-electron chi connectivity index (χ4n) is 2.93. The summed E-state index contributed by atoms with van der Waals surface area (Å²) < 4.78 is 35.6. The molecule has 0 bridgehead atoms. The minimum Gasteiger partial charge on any atom is -0.493 e. The number of carbonyl (C=O) groups is 1. The fourth-order valence-corrected chi connectivity index (χ4v) is 3.94. The molecule has 0 aliphatic rings. The minimum atomic E-state index is -2.92. The average Bonchev–Trinajstić information content (AvgIpc) is 3.10. The zero-order valence-corrected chi connectivity index (χ0v) is 16.8. The monoisotopic (exact) mass is 420 g/mol. The molecule has 0 unspecified atom stereocenters. The van der Waals surface area contributed by atoms with Gasteiger partial charge in [-0.15, -0.1) is 11.3 Å². The van der Waals surface area contributed by atoms with Crippen molar-refractivity contribution >= 4 is 27.5 Å². The van der Waals surface area contributed by atoms with Gasteiger partial charge in [-0.25, -0.2) is 4.98 Å². The predicted octanol–water partition coefficient (Wildman–Crippen LogP) is 4.59. The number of amides is 1. The van der Waals surface area contributed by atoms with E-state index in [2.05, 4.69) is 15.0 Å². The van der Waals surface area contributed by atoms with E-state index in [4.69, 9.17) is 4.74 Å². The van der Waals surface area contributed by atoms with E-state index in [0.29, 0.717) is 19.4 Å². The maximum Gasteiger partial charge on any atom is 0.387 e. The molecule has 0 radical (unpaired) electrons. The first kappa shape index (κ1) is 21.0. The quantitative estimate of drug-likeness (QED) is 0.521. The summed E-state index contributed by atoms with van der Waals surface area (Å²) in [6.07, 6.45) is 2.41. The molecule has 1 heterocycles. The molecule has 0 saturated heterocycles. The highest BCUT2D eigenvalue weighted by Crippen LogP contribution is 2.29. The normalized spacial score (nSPS) is 11.0. The standard InChI is InChI=1S/C21H22F2N2O3S/c1-27-16-10-9-14(13-17(16)28-21(22)23)11-12-24-19(26)7-4-8-20-25-15-5-2-3-6-18(15)29-20/h2-3,5-6,9-10,13,21H,4,7-8,11-12H2,1H3,(H,24,26). The van der Waals surface area contributed by atoms with Crippen LogP contribution < -0.4 is 14.8 Å². The van der Waals surface area contributed by atoms with Crippen molar-refractivity contribution in [1.29, 1.82) is 0 Å². The molecule has 154 valence electrons. The lowest BCUT2D eigenvalue weighted by atomic mass is 10.1. The largest absolute Gasteiger partial charge is 0.493 e. The summed E-state index contributed by atoms with van der Waals surface area (Å²) in [6, 6.07) is 12.8. The summed E-state index contributed by atoms with van der Waals surface area (Å²) in [5.41, 5.74) is 1.77. The van der Waals surface area contributed by atoms with Crippen LogP contribution in [0.3, 0.4) is 0 Å². The van der Waals surface area contributed by atoms with Crippen LogP contribution in [0.1, 0.15) is 23.4 Å². The highest BCUT2D eigenvalue weighted by atomic mass is 32.1. The van der Waals surface area contributed by atoms with Gasteiger partial charge >= 0.3 is 6.61 Å². The summed E-state index contributed by atoms with van der Waals surface area (Å²) in [7, 11) is 1.39. The number of aromatic nitrogens is 1. The molecule has 8 heteroatoms. The van der Waals surface area contributed by atoms with E-state index in [1.165, 1.54) is 13.2 Å². The number of hydrogen-bond donors (Lipinski definition) is 1. The number of fused-ring (bicyclic) bond motifs is 1. The Morgan fingerprint density at radius 3 is 2.76 bits per heavy atom. The molecule has 3 rings (SSSR count). The van der Waals surface area contributed by atoms with Gasteiger partial charge in [-0.1, -0.05) is 18.2 Å². The number of hydrogen-bond acceptors (Lipinski definition) is 5. The first-order valence-corrected chi connectivity index (χ1v) is 10.1. The van der Waals surface area contributed by atoms with E-state index in [0.717, 1.165) is 33.6 Å². The third-order valence-electron chi connectivity index (χ3n) is 4.31. The van der Waals surface area contributed by atoms with Crippen LogP contribution in [-0.2, 0) is 17.6 Å². The smallest absolute Gasteiger partial charge is 0.387 e. The zero-order chi connectivity index (χ0) is 20.6. The second-order valence-electron chi connectivity index (χ2n) is 6.39. The van der Waals surface area contributed by atoms with Gasteiger partial charge in [-0.3, -0.25) is 4.79 Å². The molecule has 5 nitrogen and oxygen atoms in total. The van der Waals surface area contributed by atoms with Gasteiger partial charge in [0, 0.05) is 13.0 Å². The number of para-hydroxylation sites is 1. The Labute approximate surface area is 171 Å². The molecular weight excluding hydrogens is 398 g/mol. The molecule has 3 aromatic rings. The summed E-state index contributed by atoms with van der Waals surface area (Å²) in [6.45, 7) is -2.50. The first-order chi connectivity index (χ1) is 14.0. The van der Waals surface area contributed by atoms with Crippen LogP contribution in [0.25, 0.3) is 10.2 Å². The maximum absolute atomic E-state index is 12.5. The number of alkyl halides is 2. The average molecular weight is 420 g/mol. The fraction of sp³-hybridized carbons (Fsp3) is 0.333. The van der Waals surface area contributed by atoms with Crippen LogP contribution in [0.2, 0.25) is 0 Å². The zero-order valence-electron chi connectivity index (χ0n) is 16.0. The molecule has 1 aromatic heterocycles. The van der Waals surface area contributed by atoms with Gasteiger partial charge in [-0.2, -0.15) is 8.78 Å². The van der Waals surface area contributed by atoms with Gasteiger partial charge < -0.3 is 14.8 Å². The summed E-state index contributed by atoms with van der Waals surface area (Å²) in [5, 5.41) is 3.89. The lowest BCUT2D eigenvalue weighted by Gasteiger charge is -2.12. The van der Waals surface area contributed by atoms with Crippen molar-refractivity contribution < 1.29 is 23.0 Å². The third-order valence-corrected chi connectivity index (χ3v) is 5.41. The van der Waals surface area contributed by atoms with Crippen molar-refractivity contribution in [2.24, 2.45) is 0 Å². The molecule has 0 aliphatic heterocycles. The van der Waals surface area contributed by atoms with Crippen molar-refractivity contribution in [2.45, 2.75) is 32.3 Å². The predicted molar refractivity (Wildman–Crippen MR) is 109 cm³/mol. The highest BCUT2D eigenvalue weighted by Gasteiger charge is 2.11. The number of nitrogens with zero attached hydrogens (tertiary/aromatic N) is 1. The van der Waals surface area contributed by atoms with Gasteiger partial charge in [0.2, 0.25) is 5.91 Å². The molecule has 2 aromatic carbocycles. The number of ether oxygens (including phenoxy) is 2. The minimum absolute atomic E-state index is 0.0119. The molecule has 0 aliphatic carbocycles. The number of methoxy groups -OCH3 is 1. The number of carbonyl (C=O) groups excluding carboxylic acids is 1. The number of nitrogens with one attached hydrogen (secondary N) is 1. The van der Waals surface area contributed by atoms with Crippen LogP contribution >= 0.6 is 11.3 Å². The van der Waals surface area contributed by atoms with E-state index in [-0.39, 0.29) is 17.4 Å². The van der Waals surface area contributed by atoms with Crippen molar-refractivity contribution in [3.8, 4) is 11.5 Å². The van der Waals surface area contributed by atoms with E-state index in [1.54, 1.807) is 23.5 Å². The van der Waals surface area contributed by atoms with E-state index < -0.39 is 6.61 Å². The number of rotatable bonds is 10. The molecule has 1 N–H and O–H groups in total. The number of aryl methyl sites for hydroxylation is 1. The van der Waals surface area contributed by atoms with Crippen LogP contribution in [0, 0.1) is 0 Å². The Hall–Kier alpha value is -2.74. The molecule has 0 saturated carbocycles. The third kappa shape index (κ3) is 6.12. The maximum atomic E-state index is 12.5. The number of thiazole rings is 1. The van der Waals surface area contributed by atoms with Gasteiger partial charge in [0.1, 0.15) is 0 Å². The lowest BCUT2D eigenvalue weighted by Crippen LogP contribution is -2.25. The van der Waals surface area contributed by atoms with Gasteiger partial charge in [-0.05, 0) is 49.1 Å². The van der Waals surface area contributed by atoms with Crippen LogP contribution in [0.4, 0.5) is 8.78 Å². The molecule has 0 fully saturated rings. The van der Waals surface area contributed by atoms with Crippen molar-refractivity contribution in [3.05, 3.63) is 53.0 Å². The summed E-state index contributed by atoms with van der Waals surface area (Å²) in [4.78, 5) is 16.6. The van der Waals surface area contributed by atoms with Gasteiger partial charge in [0.15, 0.2) is 11.5 Å². The molecule has 0 spiro atoms. The van der Waals surface area contributed by atoms with Crippen LogP contribution in [0.5, 0.6) is 11.5 Å². The van der Waals surface area contributed by atoms with Crippen LogP contribution in [-0.4, -0.2) is 31.2 Å². The van der Waals surface area contributed by atoms with Crippen LogP contribution in [0.15, 0.2) is 42.5 Å².